The molecule has 682 valence electrons. The molecule has 0 spiro atoms. The summed E-state index contributed by atoms with van der Waals surface area (Å²) in [5, 5.41) is 149. The lowest BCUT2D eigenvalue weighted by Crippen LogP contribution is -2.02. The van der Waals surface area contributed by atoms with E-state index in [2.05, 4.69) is 149 Å². The predicted molar refractivity (Wildman–Crippen MR) is 490 cm³/mol. The van der Waals surface area contributed by atoms with E-state index in [4.69, 9.17) is 81.7 Å². The standard InChI is InChI=1S/C32H38N4.8C8H18O2/c1(3-11-25-33-27-17-21-31(22-18-27)35-29-13-7-5-8-14-29)2-4-12-26-34-28-19-23-32(24-20-28)36-30-15-9-6-10-16-30;8*1-2-3-4-5-6-7-8(9)10/h5-10,13-24,33-36H,1-4,11-12,25-26H2;8*8-10H,2-7H2,1H3. The van der Waals surface area contributed by atoms with Gasteiger partial charge >= 0.3 is 0 Å². The van der Waals surface area contributed by atoms with Crippen molar-refractivity contribution in [2.75, 3.05) is 34.4 Å². The fourth-order valence-corrected chi connectivity index (χ4v) is 11.6. The third-order valence-electron chi connectivity index (χ3n) is 18.7. The molecular formula is C96H182N4O16. The summed E-state index contributed by atoms with van der Waals surface area (Å²) in [6, 6.07) is 37.6. The molecule has 4 rings (SSSR count). The highest BCUT2D eigenvalue weighted by molar-refractivity contribution is 5.63. The van der Waals surface area contributed by atoms with Gasteiger partial charge in [-0.25, -0.2) is 0 Å². The molecule has 0 aliphatic carbocycles. The smallest absolute Gasteiger partial charge is 0.151 e. The average molecular weight is 1650 g/mol. The Morgan fingerprint density at radius 3 is 0.466 bits per heavy atom. The maximum absolute atomic E-state index is 8.46. The van der Waals surface area contributed by atoms with Gasteiger partial charge in [0.15, 0.2) is 50.3 Å². The van der Waals surface area contributed by atoms with Crippen LogP contribution in [0.2, 0.25) is 0 Å². The van der Waals surface area contributed by atoms with Crippen molar-refractivity contribution < 1.29 is 81.7 Å². The first-order valence-electron chi connectivity index (χ1n) is 46.2. The number of nitrogens with one attached hydrogen (secondary N) is 4. The minimum atomic E-state index is -1.10. The van der Waals surface area contributed by atoms with E-state index in [0.717, 1.165) is 139 Å². The number of hydrogen-bond acceptors (Lipinski definition) is 20. The normalized spacial score (nSPS) is 10.7. The molecule has 0 heterocycles. The van der Waals surface area contributed by atoms with Gasteiger partial charge in [-0.05, 0) is 188 Å². The predicted octanol–water partition coefficient (Wildman–Crippen LogP) is 22.3. The Hall–Kier alpha value is -4.56. The number of aliphatic hydroxyl groups excluding tert-OH is 8. The van der Waals surface area contributed by atoms with Crippen LogP contribution in [0.25, 0.3) is 0 Å². The molecule has 0 radical (unpaired) electrons. The molecule has 116 heavy (non-hydrogen) atoms. The van der Waals surface area contributed by atoms with Crippen molar-refractivity contribution in [2.45, 2.75) is 452 Å². The molecule has 4 aromatic carbocycles. The first-order chi connectivity index (χ1) is 56.0. The van der Waals surface area contributed by atoms with Crippen LogP contribution in [-0.4, -0.2) is 145 Å². The summed E-state index contributed by atoms with van der Waals surface area (Å²) >= 11 is 0. The Balaban J connectivity index is -0.000000432. The molecule has 0 aliphatic heterocycles. The van der Waals surface area contributed by atoms with Gasteiger partial charge in [0.25, 0.3) is 0 Å². The van der Waals surface area contributed by atoms with Crippen molar-refractivity contribution in [3.8, 4) is 0 Å². The molecule has 20 heteroatoms. The highest BCUT2D eigenvalue weighted by atomic mass is 16.5. The monoisotopic (exact) mass is 1650 g/mol. The summed E-state index contributed by atoms with van der Waals surface area (Å²) in [6.45, 7) is 19.4. The second-order valence-electron chi connectivity index (χ2n) is 30.6. The van der Waals surface area contributed by atoms with E-state index in [1.54, 1.807) is 0 Å². The third-order valence-corrected chi connectivity index (χ3v) is 18.7. The molecule has 0 bridgehead atoms. The van der Waals surface area contributed by atoms with E-state index in [1.807, 2.05) is 36.4 Å². The van der Waals surface area contributed by atoms with E-state index in [1.165, 1.54) is 204 Å². The highest BCUT2D eigenvalue weighted by Gasteiger charge is 2.04. The maximum atomic E-state index is 8.46. The fraction of sp³-hybridized carbons (Fsp3) is 0.750. The molecule has 0 amide bonds. The van der Waals surface area contributed by atoms with Crippen molar-refractivity contribution >= 4 is 34.1 Å². The lowest BCUT2D eigenvalue weighted by atomic mass is 10.1. The lowest BCUT2D eigenvalue weighted by Gasteiger charge is -2.10. The second-order valence-corrected chi connectivity index (χ2v) is 30.6. The SMILES string of the molecule is CCCCCCCC(O)O.CCCCCCCC(O)O.CCCCCCCC(O)O.CCCCCCCC(O)O.CCCCCCCC(O)O.CCCCCCCC(O)O.CCCCCCCC(O)O.CCCCCCCC(O)O.c1ccc(Nc2ccc(NCCCCCCCCNc3ccc(Nc4ccccc4)cc3)cc2)cc1. The highest BCUT2D eigenvalue weighted by Crippen LogP contribution is 2.22. The van der Waals surface area contributed by atoms with Crippen molar-refractivity contribution in [2.24, 2.45) is 0 Å². The minimum Gasteiger partial charge on any atom is -0.385 e. The number of benzene rings is 4. The zero-order valence-electron chi connectivity index (χ0n) is 74.8. The Morgan fingerprint density at radius 2 is 0.302 bits per heavy atom. The van der Waals surface area contributed by atoms with Crippen LogP contribution in [0.1, 0.15) is 402 Å². The van der Waals surface area contributed by atoms with Crippen LogP contribution in [0.3, 0.4) is 0 Å². The molecular weight excluding hydrogens is 1470 g/mol. The van der Waals surface area contributed by atoms with Crippen molar-refractivity contribution in [3.05, 3.63) is 109 Å². The van der Waals surface area contributed by atoms with Gasteiger partial charge in [-0.3, -0.25) is 0 Å². The summed E-state index contributed by atoms with van der Waals surface area (Å²) in [5.74, 6) is 0. The Kier molecular flexibility index (Phi) is 103. The van der Waals surface area contributed by atoms with Gasteiger partial charge < -0.3 is 103 Å². The molecule has 0 aliphatic rings. The quantitative estimate of drug-likeness (QED) is 0.0144. The van der Waals surface area contributed by atoms with E-state index in [9.17, 15) is 0 Å². The third kappa shape index (κ3) is 109. The van der Waals surface area contributed by atoms with Crippen LogP contribution >= 0.6 is 0 Å². The minimum absolute atomic E-state index is 0.531. The van der Waals surface area contributed by atoms with Crippen LogP contribution in [0, 0.1) is 0 Å². The summed E-state index contributed by atoms with van der Waals surface area (Å²) in [6.07, 6.45) is 49.5. The van der Waals surface area contributed by atoms with E-state index < -0.39 is 50.3 Å². The number of para-hydroxylation sites is 2. The molecule has 0 fully saturated rings. The molecule has 20 nitrogen and oxygen atoms in total. The largest absolute Gasteiger partial charge is 0.385 e. The molecule has 0 saturated carbocycles. The topological polar surface area (TPSA) is 372 Å². The number of hydrogen-bond donors (Lipinski definition) is 20. The number of rotatable bonds is 63. The van der Waals surface area contributed by atoms with Gasteiger partial charge in [-0.1, -0.05) is 323 Å². The van der Waals surface area contributed by atoms with Gasteiger partial charge in [-0.2, -0.15) is 0 Å². The first-order valence-corrected chi connectivity index (χ1v) is 46.2. The van der Waals surface area contributed by atoms with Gasteiger partial charge in [0.2, 0.25) is 0 Å². The van der Waals surface area contributed by atoms with Gasteiger partial charge in [0, 0.05) is 47.2 Å². The Bertz CT molecular complexity index is 2070. The molecule has 0 aromatic heterocycles. The average Bonchev–Trinajstić information content (AvgIpc) is 0.896. The van der Waals surface area contributed by atoms with Crippen molar-refractivity contribution in [1.82, 2.24) is 0 Å². The van der Waals surface area contributed by atoms with Crippen LogP contribution < -0.4 is 21.3 Å². The molecule has 0 saturated heterocycles. The Morgan fingerprint density at radius 1 is 0.164 bits per heavy atom. The van der Waals surface area contributed by atoms with Gasteiger partial charge in [0.1, 0.15) is 0 Å². The van der Waals surface area contributed by atoms with Crippen LogP contribution in [0.15, 0.2) is 109 Å². The molecule has 0 unspecified atom stereocenters. The van der Waals surface area contributed by atoms with Gasteiger partial charge in [0.05, 0.1) is 0 Å². The lowest BCUT2D eigenvalue weighted by molar-refractivity contribution is -0.0472. The van der Waals surface area contributed by atoms with Gasteiger partial charge in [-0.15, -0.1) is 0 Å². The van der Waals surface area contributed by atoms with Crippen LogP contribution in [-0.2, 0) is 0 Å². The van der Waals surface area contributed by atoms with E-state index in [-0.39, 0.29) is 0 Å². The van der Waals surface area contributed by atoms with E-state index in [0.29, 0.717) is 51.4 Å². The second kappa shape index (κ2) is 99.3. The zero-order valence-corrected chi connectivity index (χ0v) is 74.8. The maximum Gasteiger partial charge on any atom is 0.151 e. The molecule has 20 N–H and O–H groups in total. The summed E-state index contributed by atoms with van der Waals surface area (Å²) in [4.78, 5) is 0. The number of unbranched alkanes of at least 4 members (excludes halogenated alkanes) is 37. The number of anilines is 6. The van der Waals surface area contributed by atoms with E-state index >= 15 is 0 Å². The summed E-state index contributed by atoms with van der Waals surface area (Å²) < 4.78 is 0. The molecule has 0 atom stereocenters. The Labute approximate surface area is 708 Å². The summed E-state index contributed by atoms with van der Waals surface area (Å²) in [5.41, 5.74) is 6.81. The van der Waals surface area contributed by atoms with Crippen molar-refractivity contribution in [3.63, 3.8) is 0 Å². The molecule has 4 aromatic rings. The first kappa shape index (κ1) is 120. The summed E-state index contributed by atoms with van der Waals surface area (Å²) in [7, 11) is 0. The van der Waals surface area contributed by atoms with Crippen LogP contribution in [0.5, 0.6) is 0 Å². The zero-order chi connectivity index (χ0) is 87.2. The van der Waals surface area contributed by atoms with Crippen molar-refractivity contribution in [1.29, 1.82) is 0 Å². The number of aliphatic hydroxyl groups is 16. The fourth-order valence-electron chi connectivity index (χ4n) is 11.6. The van der Waals surface area contributed by atoms with Crippen LogP contribution in [0.4, 0.5) is 34.1 Å².